The minimum atomic E-state index is -4.41. The summed E-state index contributed by atoms with van der Waals surface area (Å²) in [4.78, 5) is 8.31. The molecule has 0 aliphatic heterocycles. The van der Waals surface area contributed by atoms with Gasteiger partial charge in [-0.05, 0) is 66.8 Å². The molecule has 4 aromatic rings. The lowest BCUT2D eigenvalue weighted by Crippen LogP contribution is -2.33. The van der Waals surface area contributed by atoms with Crippen LogP contribution in [0.15, 0.2) is 83.0 Å². The smallest absolute Gasteiger partial charge is 0.305 e. The first-order chi connectivity index (χ1) is 21.2. The number of nitriles is 1. The van der Waals surface area contributed by atoms with Gasteiger partial charge in [-0.25, -0.2) is 18.7 Å². The minimum absolute atomic E-state index is 0.0458. The predicted molar refractivity (Wildman–Crippen MR) is 168 cm³/mol. The molecule has 1 heterocycles. The fraction of sp³-hybridized carbons (Fsp3) is 0.281. The van der Waals surface area contributed by atoms with E-state index in [4.69, 9.17) is 21.1 Å². The molecule has 45 heavy (non-hydrogen) atoms. The molecule has 0 unspecified atom stereocenters. The molecule has 13 heteroatoms. The molecule has 0 bridgehead atoms. The van der Waals surface area contributed by atoms with Crippen LogP contribution in [0.2, 0.25) is 5.02 Å². The number of alkyl halides is 2. The Morgan fingerprint density at radius 2 is 1.67 bits per heavy atom. The predicted octanol–water partition coefficient (Wildman–Crippen LogP) is 7.36. The summed E-state index contributed by atoms with van der Waals surface area (Å²) in [5, 5.41) is 10.4. The summed E-state index contributed by atoms with van der Waals surface area (Å²) in [5.74, 6) is -3.31. The first-order valence-corrected chi connectivity index (χ1v) is 16.6. The lowest BCUT2D eigenvalue weighted by molar-refractivity contribution is -0.0715. The highest BCUT2D eigenvalue weighted by molar-refractivity contribution is 7.98. The molecule has 0 atom stereocenters. The van der Waals surface area contributed by atoms with Crippen LogP contribution in [0.4, 0.5) is 8.78 Å². The first-order valence-electron chi connectivity index (χ1n) is 13.5. The number of aryl methyl sites for hydroxylation is 1. The van der Waals surface area contributed by atoms with E-state index in [9.17, 15) is 22.5 Å². The van der Waals surface area contributed by atoms with Crippen molar-refractivity contribution in [3.8, 4) is 17.6 Å². The second kappa shape index (κ2) is 14.1. The number of nitrogens with zero attached hydrogens (tertiary/aromatic N) is 3. The quantitative estimate of drug-likeness (QED) is 0.0817. The van der Waals surface area contributed by atoms with Gasteiger partial charge in [0.25, 0.3) is 10.1 Å². The van der Waals surface area contributed by atoms with Crippen molar-refractivity contribution in [1.82, 2.24) is 9.97 Å². The maximum Gasteiger partial charge on any atom is 0.305 e. The third-order valence-electron chi connectivity index (χ3n) is 6.88. The van der Waals surface area contributed by atoms with Gasteiger partial charge in [-0.1, -0.05) is 67.0 Å². The van der Waals surface area contributed by atoms with E-state index in [1.807, 2.05) is 50.4 Å². The average Bonchev–Trinajstić information content (AvgIpc) is 3.02. The summed E-state index contributed by atoms with van der Waals surface area (Å²) in [6.45, 7) is 3.18. The zero-order valence-corrected chi connectivity index (χ0v) is 27.3. The van der Waals surface area contributed by atoms with Gasteiger partial charge in [0.1, 0.15) is 25.0 Å². The van der Waals surface area contributed by atoms with E-state index >= 15 is 0 Å². The van der Waals surface area contributed by atoms with Crippen molar-refractivity contribution >= 4 is 33.5 Å². The van der Waals surface area contributed by atoms with Crippen LogP contribution in [0, 0.1) is 18.3 Å². The molecule has 0 aliphatic rings. The topological polar surface area (TPSA) is 111 Å². The second-order valence-electron chi connectivity index (χ2n) is 10.6. The van der Waals surface area contributed by atoms with Crippen molar-refractivity contribution < 1.29 is 30.9 Å². The Hall–Kier alpha value is -3.76. The average molecular weight is 674 g/mol. The molecule has 0 fully saturated rings. The molecular weight excluding hydrogens is 644 g/mol. The van der Waals surface area contributed by atoms with Gasteiger partial charge in [0.2, 0.25) is 0 Å². The van der Waals surface area contributed by atoms with E-state index in [2.05, 4.69) is 14.2 Å². The Kier molecular flexibility index (Phi) is 10.7. The van der Waals surface area contributed by atoms with Gasteiger partial charge in [-0.3, -0.25) is 4.18 Å². The number of ether oxygens (including phenoxy) is 2. The third-order valence-corrected chi connectivity index (χ3v) is 9.01. The summed E-state index contributed by atoms with van der Waals surface area (Å²) in [6.07, 6.45) is 3.58. The standard InChI is InChI=1S/C32H30ClF2N3O5S2/c1-21-5-11-27(12-6-21)45(39,40)43-20-32(34,35)19-42-29-22(17-36)15-24(16-28(29)33)31(2,3)23-7-9-26(10-8-23)41-18-25-13-14-37-30(38-25)44-4/h5-16H,18-20H2,1-4H3. The maximum atomic E-state index is 14.6. The van der Waals surface area contributed by atoms with Crippen molar-refractivity contribution in [1.29, 1.82) is 5.26 Å². The van der Waals surface area contributed by atoms with Gasteiger partial charge < -0.3 is 9.47 Å². The van der Waals surface area contributed by atoms with E-state index in [0.717, 1.165) is 16.8 Å². The molecule has 4 rings (SSSR count). The highest BCUT2D eigenvalue weighted by Crippen LogP contribution is 2.39. The van der Waals surface area contributed by atoms with Crippen molar-refractivity contribution in [2.75, 3.05) is 19.5 Å². The summed E-state index contributed by atoms with van der Waals surface area (Å²) < 4.78 is 69.7. The Balaban J connectivity index is 1.43. The molecule has 0 spiro atoms. The SMILES string of the molecule is CSc1nccc(COc2ccc(C(C)(C)c3cc(Cl)c(OCC(F)(F)COS(=O)(=O)c4ccc(C)cc4)c(C#N)c3)cc2)n1. The van der Waals surface area contributed by atoms with Crippen LogP contribution < -0.4 is 9.47 Å². The van der Waals surface area contributed by atoms with Crippen LogP contribution in [-0.2, 0) is 26.3 Å². The zero-order chi connectivity index (χ0) is 32.8. The summed E-state index contributed by atoms with van der Waals surface area (Å²) >= 11 is 7.89. The number of halogens is 3. The fourth-order valence-electron chi connectivity index (χ4n) is 4.19. The Bertz CT molecular complexity index is 1800. The van der Waals surface area contributed by atoms with Crippen LogP contribution in [0.25, 0.3) is 0 Å². The molecule has 0 N–H and O–H groups in total. The highest BCUT2D eigenvalue weighted by atomic mass is 35.5. The molecule has 0 aliphatic carbocycles. The Labute approximate surface area is 270 Å². The summed E-state index contributed by atoms with van der Waals surface area (Å²) in [5.41, 5.74) is 2.38. The molecule has 3 aromatic carbocycles. The van der Waals surface area contributed by atoms with Crippen LogP contribution in [0.3, 0.4) is 0 Å². The third kappa shape index (κ3) is 8.70. The van der Waals surface area contributed by atoms with E-state index in [1.165, 1.54) is 42.1 Å². The first kappa shape index (κ1) is 34.1. The van der Waals surface area contributed by atoms with Gasteiger partial charge in [0.15, 0.2) is 17.5 Å². The number of rotatable bonds is 13. The van der Waals surface area contributed by atoms with Crippen LogP contribution in [0.5, 0.6) is 11.5 Å². The number of benzene rings is 3. The Morgan fingerprint density at radius 3 is 2.31 bits per heavy atom. The minimum Gasteiger partial charge on any atom is -0.487 e. The molecule has 0 saturated carbocycles. The van der Waals surface area contributed by atoms with Gasteiger partial charge >= 0.3 is 5.92 Å². The number of aromatic nitrogens is 2. The Morgan fingerprint density at radius 1 is 0.978 bits per heavy atom. The van der Waals surface area contributed by atoms with Crippen LogP contribution >= 0.6 is 23.4 Å². The monoisotopic (exact) mass is 673 g/mol. The fourth-order valence-corrected chi connectivity index (χ4v) is 5.77. The highest BCUT2D eigenvalue weighted by Gasteiger charge is 2.35. The molecule has 0 radical (unpaired) electrons. The van der Waals surface area contributed by atoms with Crippen molar-refractivity contribution in [2.24, 2.45) is 0 Å². The molecule has 1 aromatic heterocycles. The van der Waals surface area contributed by atoms with Gasteiger partial charge in [-0.15, -0.1) is 0 Å². The van der Waals surface area contributed by atoms with E-state index in [-0.39, 0.29) is 27.8 Å². The van der Waals surface area contributed by atoms with Crippen molar-refractivity contribution in [3.63, 3.8) is 0 Å². The van der Waals surface area contributed by atoms with E-state index in [1.54, 1.807) is 25.3 Å². The zero-order valence-electron chi connectivity index (χ0n) is 24.9. The lowest BCUT2D eigenvalue weighted by atomic mass is 9.77. The van der Waals surface area contributed by atoms with Crippen molar-refractivity contribution in [2.45, 2.75) is 48.8 Å². The molecule has 236 valence electrons. The van der Waals surface area contributed by atoms with Gasteiger partial charge in [-0.2, -0.15) is 13.7 Å². The van der Waals surface area contributed by atoms with Gasteiger partial charge in [0.05, 0.1) is 21.2 Å². The summed E-state index contributed by atoms with van der Waals surface area (Å²) in [7, 11) is -4.41. The number of hydrogen-bond acceptors (Lipinski definition) is 9. The summed E-state index contributed by atoms with van der Waals surface area (Å²) in [6, 6.07) is 19.8. The molecular formula is C32H30ClF2N3O5S2. The van der Waals surface area contributed by atoms with Crippen LogP contribution in [-0.4, -0.2) is 43.8 Å². The van der Waals surface area contributed by atoms with E-state index in [0.29, 0.717) is 16.5 Å². The number of thioether (sulfide) groups is 1. The van der Waals surface area contributed by atoms with Crippen LogP contribution in [0.1, 0.15) is 41.8 Å². The maximum absolute atomic E-state index is 14.6. The lowest BCUT2D eigenvalue weighted by Gasteiger charge is -2.27. The molecule has 0 amide bonds. The normalized spacial score (nSPS) is 12.0. The van der Waals surface area contributed by atoms with Gasteiger partial charge in [0, 0.05) is 11.6 Å². The molecule has 8 nitrogen and oxygen atoms in total. The largest absolute Gasteiger partial charge is 0.487 e. The van der Waals surface area contributed by atoms with E-state index < -0.39 is 34.7 Å². The molecule has 0 saturated heterocycles. The van der Waals surface area contributed by atoms with Crippen molar-refractivity contribution in [3.05, 3.63) is 106 Å². The second-order valence-corrected chi connectivity index (χ2v) is 13.4. The number of hydrogen-bond donors (Lipinski definition) is 0.